The van der Waals surface area contributed by atoms with Crippen LogP contribution >= 0.6 is 0 Å². The van der Waals surface area contributed by atoms with Crippen molar-refractivity contribution in [1.82, 2.24) is 0 Å². The molecule has 0 aromatic heterocycles. The lowest BCUT2D eigenvalue weighted by Crippen LogP contribution is -2.35. The first-order valence-electron chi connectivity index (χ1n) is 6.13. The van der Waals surface area contributed by atoms with Crippen LogP contribution in [0, 0.1) is 5.92 Å². The zero-order valence-corrected chi connectivity index (χ0v) is 9.87. The summed E-state index contributed by atoms with van der Waals surface area (Å²) < 4.78 is 5.41. The number of hydrogen-bond donors (Lipinski definition) is 1. The lowest BCUT2D eigenvalue weighted by molar-refractivity contribution is -0.153. The quantitative estimate of drug-likeness (QED) is 0.729. The average Bonchev–Trinajstić information content (AvgIpc) is 2.28. The van der Waals surface area contributed by atoms with Crippen LogP contribution < -0.4 is 5.73 Å². The van der Waals surface area contributed by atoms with E-state index in [0.29, 0.717) is 6.42 Å². The molecule has 15 heavy (non-hydrogen) atoms. The molecule has 1 rings (SSSR count). The van der Waals surface area contributed by atoms with Crippen LogP contribution in [0.15, 0.2) is 0 Å². The van der Waals surface area contributed by atoms with Crippen LogP contribution in [0.5, 0.6) is 0 Å². The highest BCUT2D eigenvalue weighted by Gasteiger charge is 2.25. The highest BCUT2D eigenvalue weighted by Crippen LogP contribution is 2.28. The van der Waals surface area contributed by atoms with Gasteiger partial charge in [0.05, 0.1) is 0 Å². The van der Waals surface area contributed by atoms with Crippen LogP contribution in [-0.2, 0) is 9.53 Å². The smallest absolute Gasteiger partial charge is 0.323 e. The molecule has 1 saturated carbocycles. The van der Waals surface area contributed by atoms with E-state index in [0.717, 1.165) is 18.8 Å². The molecule has 3 atom stereocenters. The van der Waals surface area contributed by atoms with Crippen molar-refractivity contribution in [2.45, 2.75) is 64.5 Å². The maximum Gasteiger partial charge on any atom is 0.323 e. The Balaban J connectivity index is 2.34. The third-order valence-corrected chi connectivity index (χ3v) is 3.34. The van der Waals surface area contributed by atoms with Crippen molar-refractivity contribution in [2.75, 3.05) is 0 Å². The Morgan fingerprint density at radius 2 is 2.20 bits per heavy atom. The first-order chi connectivity index (χ1) is 7.17. The second-order valence-corrected chi connectivity index (χ2v) is 4.51. The van der Waals surface area contributed by atoms with E-state index in [1.54, 1.807) is 0 Å². The Morgan fingerprint density at radius 1 is 1.47 bits per heavy atom. The number of carbonyl (C=O) groups excluding carboxylic acids is 1. The first-order valence-corrected chi connectivity index (χ1v) is 6.13. The van der Waals surface area contributed by atoms with E-state index < -0.39 is 6.04 Å². The molecular formula is C12H23NO2. The number of hydrogen-bond acceptors (Lipinski definition) is 3. The highest BCUT2D eigenvalue weighted by atomic mass is 16.5. The van der Waals surface area contributed by atoms with Crippen molar-refractivity contribution < 1.29 is 9.53 Å². The zero-order valence-electron chi connectivity index (χ0n) is 9.87. The second-order valence-electron chi connectivity index (χ2n) is 4.51. The fourth-order valence-electron chi connectivity index (χ4n) is 2.14. The normalized spacial score (nSPS) is 28.5. The lowest BCUT2D eigenvalue weighted by Gasteiger charge is -2.28. The van der Waals surface area contributed by atoms with Gasteiger partial charge >= 0.3 is 5.97 Å². The summed E-state index contributed by atoms with van der Waals surface area (Å²) >= 11 is 0. The van der Waals surface area contributed by atoms with Crippen molar-refractivity contribution >= 4 is 5.97 Å². The molecule has 1 aliphatic carbocycles. The predicted octanol–water partition coefficient (Wildman–Crippen LogP) is 2.24. The minimum atomic E-state index is -0.438. The van der Waals surface area contributed by atoms with Gasteiger partial charge < -0.3 is 10.5 Å². The van der Waals surface area contributed by atoms with Crippen LogP contribution in [0.3, 0.4) is 0 Å². The molecule has 88 valence electrons. The fourth-order valence-corrected chi connectivity index (χ4v) is 2.14. The van der Waals surface area contributed by atoms with E-state index >= 15 is 0 Å². The van der Waals surface area contributed by atoms with Gasteiger partial charge in [-0.2, -0.15) is 0 Å². The van der Waals surface area contributed by atoms with Gasteiger partial charge in [0.25, 0.3) is 0 Å². The fraction of sp³-hybridized carbons (Fsp3) is 0.917. The standard InChI is InChI=1S/C12H23NO2/c1-3-9-6-5-7-10(8-9)15-12(14)11(13)4-2/h9-11H,3-8,13H2,1-2H3/t9?,10?,11-/m1/s1. The molecule has 3 nitrogen and oxygen atoms in total. The third kappa shape index (κ3) is 3.82. The predicted molar refractivity (Wildman–Crippen MR) is 60.4 cm³/mol. The molecule has 0 heterocycles. The van der Waals surface area contributed by atoms with Gasteiger partial charge in [0.2, 0.25) is 0 Å². The first kappa shape index (κ1) is 12.5. The van der Waals surface area contributed by atoms with Crippen molar-refractivity contribution in [3.8, 4) is 0 Å². The van der Waals surface area contributed by atoms with Gasteiger partial charge in [-0.05, 0) is 31.6 Å². The molecule has 0 aromatic carbocycles. The molecule has 2 N–H and O–H groups in total. The van der Waals surface area contributed by atoms with E-state index in [9.17, 15) is 4.79 Å². The van der Waals surface area contributed by atoms with E-state index in [2.05, 4.69) is 6.92 Å². The Labute approximate surface area is 92.4 Å². The molecule has 0 aromatic rings. The van der Waals surface area contributed by atoms with E-state index in [-0.39, 0.29) is 12.1 Å². The zero-order chi connectivity index (χ0) is 11.3. The van der Waals surface area contributed by atoms with Crippen LogP contribution in [0.1, 0.15) is 52.4 Å². The molecule has 2 unspecified atom stereocenters. The summed E-state index contributed by atoms with van der Waals surface area (Å²) in [5.74, 6) is 0.508. The lowest BCUT2D eigenvalue weighted by atomic mass is 9.85. The van der Waals surface area contributed by atoms with Gasteiger partial charge in [0.15, 0.2) is 0 Å². The molecule has 0 amide bonds. The Hall–Kier alpha value is -0.570. The van der Waals surface area contributed by atoms with Crippen LogP contribution in [0.25, 0.3) is 0 Å². The van der Waals surface area contributed by atoms with E-state index in [1.807, 2.05) is 6.92 Å². The van der Waals surface area contributed by atoms with Crippen molar-refractivity contribution in [3.05, 3.63) is 0 Å². The summed E-state index contributed by atoms with van der Waals surface area (Å²) in [6.07, 6.45) is 6.46. The largest absolute Gasteiger partial charge is 0.461 e. The number of carbonyl (C=O) groups is 1. The number of esters is 1. The Bertz CT molecular complexity index is 206. The average molecular weight is 213 g/mol. The second kappa shape index (κ2) is 6.11. The van der Waals surface area contributed by atoms with E-state index in [4.69, 9.17) is 10.5 Å². The topological polar surface area (TPSA) is 52.3 Å². The number of rotatable bonds is 4. The molecule has 0 aliphatic heterocycles. The summed E-state index contributed by atoms with van der Waals surface area (Å²) in [7, 11) is 0. The molecule has 0 spiro atoms. The summed E-state index contributed by atoms with van der Waals surface area (Å²) in [4.78, 5) is 11.5. The highest BCUT2D eigenvalue weighted by molar-refractivity contribution is 5.75. The molecule has 3 heteroatoms. The molecular weight excluding hydrogens is 190 g/mol. The molecule has 0 radical (unpaired) electrons. The summed E-state index contributed by atoms with van der Waals surface area (Å²) in [6.45, 7) is 4.11. The minimum Gasteiger partial charge on any atom is -0.461 e. The van der Waals surface area contributed by atoms with Crippen molar-refractivity contribution in [3.63, 3.8) is 0 Å². The summed E-state index contributed by atoms with van der Waals surface area (Å²) in [5, 5.41) is 0. The van der Waals surface area contributed by atoms with Crippen molar-refractivity contribution in [1.29, 1.82) is 0 Å². The maximum atomic E-state index is 11.5. The van der Waals surface area contributed by atoms with Gasteiger partial charge in [-0.25, -0.2) is 0 Å². The van der Waals surface area contributed by atoms with Crippen molar-refractivity contribution in [2.24, 2.45) is 11.7 Å². The molecule has 0 bridgehead atoms. The van der Waals surface area contributed by atoms with Gasteiger partial charge in [-0.3, -0.25) is 4.79 Å². The Kier molecular flexibility index (Phi) is 5.09. The van der Waals surface area contributed by atoms with Crippen LogP contribution in [-0.4, -0.2) is 18.1 Å². The summed E-state index contributed by atoms with van der Waals surface area (Å²) in [6, 6.07) is -0.438. The molecule has 1 fully saturated rings. The minimum absolute atomic E-state index is 0.119. The summed E-state index contributed by atoms with van der Waals surface area (Å²) in [5.41, 5.74) is 5.63. The Morgan fingerprint density at radius 3 is 2.80 bits per heavy atom. The monoisotopic (exact) mass is 213 g/mol. The van der Waals surface area contributed by atoms with E-state index in [1.165, 1.54) is 19.3 Å². The number of ether oxygens (including phenoxy) is 1. The third-order valence-electron chi connectivity index (χ3n) is 3.34. The van der Waals surface area contributed by atoms with Gasteiger partial charge in [0.1, 0.15) is 12.1 Å². The maximum absolute atomic E-state index is 11.5. The van der Waals surface area contributed by atoms with Gasteiger partial charge in [-0.1, -0.05) is 26.7 Å². The molecule has 0 saturated heterocycles. The number of nitrogens with two attached hydrogens (primary N) is 1. The van der Waals surface area contributed by atoms with Crippen LogP contribution in [0.4, 0.5) is 0 Å². The SMILES string of the molecule is CCC1CCCC(OC(=O)[C@H](N)CC)C1. The van der Waals surface area contributed by atoms with Gasteiger partial charge in [-0.15, -0.1) is 0 Å². The molecule has 1 aliphatic rings. The van der Waals surface area contributed by atoms with Crippen LogP contribution in [0.2, 0.25) is 0 Å². The van der Waals surface area contributed by atoms with Gasteiger partial charge in [0, 0.05) is 0 Å².